The number of carbonyl (C=O) groups is 1. The van der Waals surface area contributed by atoms with Gasteiger partial charge in [-0.05, 0) is 20.3 Å². The Balaban J connectivity index is 4.40. The number of carboxylic acids is 1. The Morgan fingerprint density at radius 3 is 2.06 bits per heavy atom. The Kier molecular flexibility index (Phi) is 5.42. The Morgan fingerprint density at radius 1 is 1.25 bits per heavy atom. The Bertz CT molecular complexity index is 228. The lowest BCUT2D eigenvalue weighted by atomic mass is 9.89. The number of hydrogen-bond acceptors (Lipinski definition) is 3. The van der Waals surface area contributed by atoms with Crippen molar-refractivity contribution in [2.45, 2.75) is 66.1 Å². The second-order valence-electron chi connectivity index (χ2n) is 5.77. The number of hydrogen-bond donors (Lipinski definition) is 1. The van der Waals surface area contributed by atoms with E-state index in [1.807, 2.05) is 41.5 Å². The first kappa shape index (κ1) is 15.4. The van der Waals surface area contributed by atoms with E-state index in [0.717, 1.165) is 12.8 Å². The molecule has 0 rings (SSSR count). The molecule has 1 atom stereocenters. The molecule has 1 unspecified atom stereocenters. The summed E-state index contributed by atoms with van der Waals surface area (Å²) < 4.78 is 0. The van der Waals surface area contributed by atoms with Crippen molar-refractivity contribution in [3.63, 3.8) is 0 Å². The van der Waals surface area contributed by atoms with E-state index in [0.29, 0.717) is 0 Å². The van der Waals surface area contributed by atoms with Gasteiger partial charge in [-0.3, -0.25) is 0 Å². The van der Waals surface area contributed by atoms with Gasteiger partial charge < -0.3 is 5.11 Å². The van der Waals surface area contributed by atoms with Gasteiger partial charge in [0.25, 0.3) is 0 Å². The maximum Gasteiger partial charge on any atom is 0.336 e. The molecular weight excluding hydrogens is 208 g/mol. The van der Waals surface area contributed by atoms with Crippen LogP contribution in [-0.2, 0) is 14.6 Å². The lowest BCUT2D eigenvalue weighted by molar-refractivity contribution is -0.384. The average Bonchev–Trinajstić information content (AvgIpc) is 1.99. The number of aliphatic carboxylic acids is 1. The van der Waals surface area contributed by atoms with Gasteiger partial charge in [-0.2, -0.15) is 0 Å². The van der Waals surface area contributed by atoms with Gasteiger partial charge >= 0.3 is 5.97 Å². The van der Waals surface area contributed by atoms with Crippen LogP contribution >= 0.6 is 0 Å². The Labute approximate surface area is 97.9 Å². The molecular formula is C12H24O4. The van der Waals surface area contributed by atoms with Gasteiger partial charge in [-0.15, -0.1) is 0 Å². The van der Waals surface area contributed by atoms with Crippen LogP contribution in [-0.4, -0.2) is 22.8 Å². The van der Waals surface area contributed by atoms with Crippen molar-refractivity contribution in [3.05, 3.63) is 0 Å². The molecule has 0 bridgehead atoms. The predicted molar refractivity (Wildman–Crippen MR) is 62.0 cm³/mol. The third-order valence-electron chi connectivity index (χ3n) is 2.23. The van der Waals surface area contributed by atoms with Gasteiger partial charge in [0, 0.05) is 5.41 Å². The minimum atomic E-state index is -1.00. The molecule has 0 aliphatic carbocycles. The molecule has 1 N–H and O–H groups in total. The molecule has 0 radical (unpaired) electrons. The van der Waals surface area contributed by atoms with Gasteiger partial charge in [0.1, 0.15) is 0 Å². The fourth-order valence-corrected chi connectivity index (χ4v) is 1.38. The Morgan fingerprint density at radius 2 is 1.75 bits per heavy atom. The molecule has 0 aliphatic rings. The van der Waals surface area contributed by atoms with Crippen LogP contribution in [0.25, 0.3) is 0 Å². The first-order valence-electron chi connectivity index (χ1n) is 5.67. The zero-order valence-corrected chi connectivity index (χ0v) is 11.2. The zero-order valence-electron chi connectivity index (χ0n) is 11.2. The summed E-state index contributed by atoms with van der Waals surface area (Å²) in [7, 11) is 0. The van der Waals surface area contributed by atoms with E-state index in [4.69, 9.17) is 14.9 Å². The van der Waals surface area contributed by atoms with E-state index in [-0.39, 0.29) is 0 Å². The van der Waals surface area contributed by atoms with Gasteiger partial charge in [0.15, 0.2) is 6.10 Å². The van der Waals surface area contributed by atoms with Crippen LogP contribution in [0.15, 0.2) is 0 Å². The molecule has 16 heavy (non-hydrogen) atoms. The Hall–Kier alpha value is -0.610. The lowest BCUT2D eigenvalue weighted by Gasteiger charge is -2.30. The average molecular weight is 232 g/mol. The van der Waals surface area contributed by atoms with Crippen molar-refractivity contribution in [2.24, 2.45) is 5.41 Å². The molecule has 0 fully saturated rings. The summed E-state index contributed by atoms with van der Waals surface area (Å²) in [6.07, 6.45) is 0.830. The smallest absolute Gasteiger partial charge is 0.336 e. The van der Waals surface area contributed by atoms with E-state index >= 15 is 0 Å². The molecule has 0 aliphatic heterocycles. The molecule has 0 saturated heterocycles. The third-order valence-corrected chi connectivity index (χ3v) is 2.23. The fraction of sp³-hybridized carbons (Fsp3) is 0.917. The topological polar surface area (TPSA) is 55.8 Å². The van der Waals surface area contributed by atoms with Gasteiger partial charge in [0.05, 0.1) is 5.60 Å². The molecule has 0 spiro atoms. The standard InChI is InChI=1S/C12H24O4/c1-7-8-12(5,6)16-15-9(10(13)14)11(2,3)4/h9H,7-8H2,1-6H3,(H,13,14). The van der Waals surface area contributed by atoms with E-state index in [2.05, 4.69) is 0 Å². The van der Waals surface area contributed by atoms with Crippen LogP contribution in [0, 0.1) is 5.41 Å². The first-order valence-corrected chi connectivity index (χ1v) is 5.67. The maximum atomic E-state index is 11.0. The van der Waals surface area contributed by atoms with E-state index in [1.54, 1.807) is 0 Å². The summed E-state index contributed by atoms with van der Waals surface area (Å²) in [6.45, 7) is 11.2. The van der Waals surface area contributed by atoms with Crippen LogP contribution in [0.1, 0.15) is 54.4 Å². The van der Waals surface area contributed by atoms with E-state index in [9.17, 15) is 4.79 Å². The summed E-state index contributed by atoms with van der Waals surface area (Å²) in [4.78, 5) is 21.3. The van der Waals surface area contributed by atoms with Crippen molar-refractivity contribution >= 4 is 5.97 Å². The van der Waals surface area contributed by atoms with Gasteiger partial charge in [0.2, 0.25) is 0 Å². The quantitative estimate of drug-likeness (QED) is 0.565. The molecule has 4 nitrogen and oxygen atoms in total. The van der Waals surface area contributed by atoms with Crippen molar-refractivity contribution < 1.29 is 19.7 Å². The zero-order chi connectivity index (χ0) is 13.0. The summed E-state index contributed by atoms with van der Waals surface area (Å²) >= 11 is 0. The summed E-state index contributed by atoms with van der Waals surface area (Å²) in [5.74, 6) is -1.00. The molecule has 0 aromatic heterocycles. The second kappa shape index (κ2) is 5.64. The highest BCUT2D eigenvalue weighted by Gasteiger charge is 2.35. The molecule has 0 heterocycles. The van der Waals surface area contributed by atoms with Gasteiger partial charge in [-0.25, -0.2) is 14.6 Å². The van der Waals surface area contributed by atoms with Gasteiger partial charge in [-0.1, -0.05) is 34.1 Å². The van der Waals surface area contributed by atoms with E-state index < -0.39 is 23.1 Å². The largest absolute Gasteiger partial charge is 0.479 e. The normalized spacial score (nSPS) is 14.9. The molecule has 0 amide bonds. The molecule has 0 saturated carbocycles. The highest BCUT2D eigenvalue weighted by atomic mass is 17.2. The summed E-state index contributed by atoms with van der Waals surface area (Å²) in [5.41, 5.74) is -0.943. The molecule has 96 valence electrons. The minimum absolute atomic E-state index is 0.451. The predicted octanol–water partition coefficient (Wildman–Crippen LogP) is 3.01. The van der Waals surface area contributed by atoms with E-state index in [1.165, 1.54) is 0 Å². The first-order chi connectivity index (χ1) is 7.10. The van der Waals surface area contributed by atoms with Crippen LogP contribution in [0.4, 0.5) is 0 Å². The minimum Gasteiger partial charge on any atom is -0.479 e. The van der Waals surface area contributed by atoms with Crippen LogP contribution in [0.3, 0.4) is 0 Å². The van der Waals surface area contributed by atoms with Crippen molar-refractivity contribution in [3.8, 4) is 0 Å². The number of carboxylic acid groups (broad SMARTS) is 1. The fourth-order valence-electron chi connectivity index (χ4n) is 1.38. The summed E-state index contributed by atoms with van der Waals surface area (Å²) in [6, 6.07) is 0. The van der Waals surface area contributed by atoms with Crippen LogP contribution in [0.2, 0.25) is 0 Å². The van der Waals surface area contributed by atoms with Crippen LogP contribution in [0.5, 0.6) is 0 Å². The highest BCUT2D eigenvalue weighted by molar-refractivity contribution is 5.73. The summed E-state index contributed by atoms with van der Waals surface area (Å²) in [5, 5.41) is 9.03. The van der Waals surface area contributed by atoms with Crippen molar-refractivity contribution in [1.82, 2.24) is 0 Å². The monoisotopic (exact) mass is 232 g/mol. The number of rotatable bonds is 6. The van der Waals surface area contributed by atoms with Crippen molar-refractivity contribution in [1.29, 1.82) is 0 Å². The van der Waals surface area contributed by atoms with Crippen LogP contribution < -0.4 is 0 Å². The maximum absolute atomic E-state index is 11.0. The lowest BCUT2D eigenvalue weighted by Crippen LogP contribution is -2.39. The molecule has 0 aromatic carbocycles. The molecule has 0 aromatic rings. The third kappa shape index (κ3) is 5.47. The highest BCUT2D eigenvalue weighted by Crippen LogP contribution is 2.26. The van der Waals surface area contributed by atoms with Crippen molar-refractivity contribution in [2.75, 3.05) is 0 Å². The SMILES string of the molecule is CCCC(C)(C)OOC(C(=O)O)C(C)(C)C. The molecule has 4 heteroatoms. The second-order valence-corrected chi connectivity index (χ2v) is 5.77.